The Hall–Kier alpha value is -1.13. The van der Waals surface area contributed by atoms with E-state index in [1.165, 1.54) is 12.1 Å². The molecule has 0 radical (unpaired) electrons. The van der Waals surface area contributed by atoms with Gasteiger partial charge in [0, 0.05) is 38.5 Å². The van der Waals surface area contributed by atoms with Gasteiger partial charge in [-0.2, -0.15) is 0 Å². The predicted molar refractivity (Wildman–Crippen MR) is 78.1 cm³/mol. The predicted octanol–water partition coefficient (Wildman–Crippen LogP) is 2.98. The topological polar surface area (TPSA) is 24.5 Å². The summed E-state index contributed by atoms with van der Waals surface area (Å²) < 4.78 is 18.2. The number of nitrogens with one attached hydrogen (secondary N) is 1. The van der Waals surface area contributed by atoms with E-state index in [4.69, 9.17) is 4.74 Å². The molecule has 4 heteroatoms. The van der Waals surface area contributed by atoms with Crippen LogP contribution in [0.1, 0.15) is 20.3 Å². The highest BCUT2D eigenvalue weighted by atomic mass is 19.1. The van der Waals surface area contributed by atoms with Crippen molar-refractivity contribution >= 4 is 5.69 Å². The Morgan fingerprint density at radius 1 is 1.37 bits per heavy atom. The maximum absolute atomic E-state index is 13.0. The lowest BCUT2D eigenvalue weighted by molar-refractivity contribution is 0.126. The first-order chi connectivity index (χ1) is 9.17. The zero-order valence-electron chi connectivity index (χ0n) is 12.2. The van der Waals surface area contributed by atoms with Gasteiger partial charge in [-0.15, -0.1) is 0 Å². The largest absolute Gasteiger partial charge is 0.384 e. The second-order valence-corrected chi connectivity index (χ2v) is 4.72. The lowest BCUT2D eigenvalue weighted by Gasteiger charge is -2.28. The highest BCUT2D eigenvalue weighted by Crippen LogP contribution is 2.09. The van der Waals surface area contributed by atoms with E-state index in [2.05, 4.69) is 24.1 Å². The number of methoxy groups -OCH3 is 1. The molecule has 0 saturated heterocycles. The Kier molecular flexibility index (Phi) is 7.45. The lowest BCUT2D eigenvalue weighted by atomic mass is 10.2. The highest BCUT2D eigenvalue weighted by molar-refractivity contribution is 5.42. The fraction of sp³-hybridized carbons (Fsp3) is 0.600. The summed E-state index contributed by atoms with van der Waals surface area (Å²) in [6.45, 7) is 7.80. The van der Waals surface area contributed by atoms with E-state index in [0.717, 1.165) is 38.3 Å². The third-order valence-electron chi connectivity index (χ3n) is 3.35. The van der Waals surface area contributed by atoms with Crippen LogP contribution in [0.4, 0.5) is 10.1 Å². The Morgan fingerprint density at radius 2 is 2.16 bits per heavy atom. The molecule has 0 aliphatic rings. The van der Waals surface area contributed by atoms with Crippen molar-refractivity contribution in [1.29, 1.82) is 0 Å². The van der Waals surface area contributed by atoms with E-state index in [1.807, 2.05) is 6.07 Å². The molecular weight excluding hydrogens is 243 g/mol. The molecule has 0 fully saturated rings. The summed E-state index contributed by atoms with van der Waals surface area (Å²) in [6.07, 6.45) is 1.11. The van der Waals surface area contributed by atoms with Gasteiger partial charge < -0.3 is 10.1 Å². The first-order valence-electron chi connectivity index (χ1n) is 6.89. The first kappa shape index (κ1) is 15.9. The summed E-state index contributed by atoms with van der Waals surface area (Å²) in [5.74, 6) is -0.205. The SMILES string of the molecule is CCC(C)N(CCNc1cccc(F)c1)CCOC. The molecule has 0 spiro atoms. The number of halogens is 1. The average molecular weight is 268 g/mol. The molecule has 0 aromatic heterocycles. The van der Waals surface area contributed by atoms with Gasteiger partial charge >= 0.3 is 0 Å². The van der Waals surface area contributed by atoms with Crippen LogP contribution in [-0.4, -0.2) is 44.3 Å². The van der Waals surface area contributed by atoms with Crippen molar-refractivity contribution < 1.29 is 9.13 Å². The first-order valence-corrected chi connectivity index (χ1v) is 6.89. The van der Waals surface area contributed by atoms with Crippen LogP contribution >= 0.6 is 0 Å². The van der Waals surface area contributed by atoms with Crippen LogP contribution in [0.15, 0.2) is 24.3 Å². The molecule has 1 aromatic rings. The van der Waals surface area contributed by atoms with E-state index in [0.29, 0.717) is 6.04 Å². The fourth-order valence-electron chi connectivity index (χ4n) is 1.96. The van der Waals surface area contributed by atoms with E-state index in [9.17, 15) is 4.39 Å². The van der Waals surface area contributed by atoms with Crippen molar-refractivity contribution in [2.45, 2.75) is 26.3 Å². The van der Waals surface area contributed by atoms with Gasteiger partial charge in [0.25, 0.3) is 0 Å². The summed E-state index contributed by atoms with van der Waals surface area (Å²) in [5.41, 5.74) is 0.829. The number of ether oxygens (including phenoxy) is 1. The molecule has 0 amide bonds. The second kappa shape index (κ2) is 8.88. The fourth-order valence-corrected chi connectivity index (χ4v) is 1.96. The Labute approximate surface area is 115 Å². The molecule has 0 heterocycles. The van der Waals surface area contributed by atoms with E-state index in [1.54, 1.807) is 13.2 Å². The molecule has 0 aliphatic heterocycles. The smallest absolute Gasteiger partial charge is 0.125 e. The van der Waals surface area contributed by atoms with Gasteiger partial charge in [0.2, 0.25) is 0 Å². The number of anilines is 1. The van der Waals surface area contributed by atoms with Crippen LogP contribution in [0.3, 0.4) is 0 Å². The second-order valence-electron chi connectivity index (χ2n) is 4.72. The lowest BCUT2D eigenvalue weighted by Crippen LogP contribution is -2.38. The van der Waals surface area contributed by atoms with Crippen LogP contribution in [-0.2, 0) is 4.74 Å². The maximum atomic E-state index is 13.0. The van der Waals surface area contributed by atoms with Gasteiger partial charge in [0.1, 0.15) is 5.82 Å². The number of hydrogen-bond acceptors (Lipinski definition) is 3. The van der Waals surface area contributed by atoms with Crippen molar-refractivity contribution in [2.75, 3.05) is 38.7 Å². The van der Waals surface area contributed by atoms with E-state index >= 15 is 0 Å². The third-order valence-corrected chi connectivity index (χ3v) is 3.35. The molecule has 0 aliphatic carbocycles. The van der Waals surface area contributed by atoms with Gasteiger partial charge in [0.05, 0.1) is 6.61 Å². The third kappa shape index (κ3) is 6.03. The number of rotatable bonds is 9. The standard InChI is InChI=1S/C15H25FN2O/c1-4-13(2)18(10-11-19-3)9-8-17-15-7-5-6-14(16)12-15/h5-7,12-13,17H,4,8-11H2,1-3H3. The average Bonchev–Trinajstić information content (AvgIpc) is 2.42. The molecular formula is C15H25FN2O. The zero-order chi connectivity index (χ0) is 14.1. The number of benzene rings is 1. The minimum Gasteiger partial charge on any atom is -0.384 e. The van der Waals surface area contributed by atoms with Gasteiger partial charge in [-0.25, -0.2) is 4.39 Å². The molecule has 0 saturated carbocycles. The van der Waals surface area contributed by atoms with Crippen LogP contribution < -0.4 is 5.32 Å². The van der Waals surface area contributed by atoms with Crippen molar-refractivity contribution in [3.63, 3.8) is 0 Å². The molecule has 108 valence electrons. The Balaban J connectivity index is 2.38. The number of nitrogens with zero attached hydrogens (tertiary/aromatic N) is 1. The quantitative estimate of drug-likeness (QED) is 0.745. The maximum Gasteiger partial charge on any atom is 0.125 e. The van der Waals surface area contributed by atoms with Gasteiger partial charge in [0.15, 0.2) is 0 Å². The number of hydrogen-bond donors (Lipinski definition) is 1. The molecule has 0 bridgehead atoms. The minimum atomic E-state index is -0.205. The summed E-state index contributed by atoms with van der Waals surface area (Å²) in [7, 11) is 1.72. The van der Waals surface area contributed by atoms with Crippen molar-refractivity contribution in [2.24, 2.45) is 0 Å². The van der Waals surface area contributed by atoms with Crippen molar-refractivity contribution in [1.82, 2.24) is 4.90 Å². The van der Waals surface area contributed by atoms with Crippen LogP contribution in [0.5, 0.6) is 0 Å². The molecule has 3 nitrogen and oxygen atoms in total. The van der Waals surface area contributed by atoms with Gasteiger partial charge in [-0.05, 0) is 31.5 Å². The molecule has 1 aromatic carbocycles. The minimum absolute atomic E-state index is 0.205. The summed E-state index contributed by atoms with van der Waals surface area (Å²) in [5, 5.41) is 3.25. The van der Waals surface area contributed by atoms with Crippen LogP contribution in [0.25, 0.3) is 0 Å². The Bertz CT molecular complexity index is 360. The van der Waals surface area contributed by atoms with Crippen LogP contribution in [0.2, 0.25) is 0 Å². The summed E-state index contributed by atoms with van der Waals surface area (Å²) >= 11 is 0. The monoisotopic (exact) mass is 268 g/mol. The normalized spacial score (nSPS) is 12.7. The zero-order valence-corrected chi connectivity index (χ0v) is 12.2. The van der Waals surface area contributed by atoms with Gasteiger partial charge in [-0.3, -0.25) is 4.90 Å². The van der Waals surface area contributed by atoms with Gasteiger partial charge in [-0.1, -0.05) is 13.0 Å². The highest BCUT2D eigenvalue weighted by Gasteiger charge is 2.11. The van der Waals surface area contributed by atoms with Crippen LogP contribution in [0, 0.1) is 5.82 Å². The molecule has 1 atom stereocenters. The Morgan fingerprint density at radius 3 is 2.79 bits per heavy atom. The summed E-state index contributed by atoms with van der Waals surface area (Å²) in [4.78, 5) is 2.38. The molecule has 1 rings (SSSR count). The molecule has 1 N–H and O–H groups in total. The molecule has 1 unspecified atom stereocenters. The van der Waals surface area contributed by atoms with E-state index < -0.39 is 0 Å². The van der Waals surface area contributed by atoms with Crippen molar-refractivity contribution in [3.05, 3.63) is 30.1 Å². The van der Waals surface area contributed by atoms with Crippen molar-refractivity contribution in [3.8, 4) is 0 Å². The summed E-state index contributed by atoms with van der Waals surface area (Å²) in [6, 6.07) is 7.10. The van der Waals surface area contributed by atoms with E-state index in [-0.39, 0.29) is 5.82 Å². The molecule has 19 heavy (non-hydrogen) atoms.